The van der Waals surface area contributed by atoms with Crippen LogP contribution < -0.4 is 10.2 Å². The number of amides is 1. The number of nitrogens with one attached hydrogen (secondary N) is 1. The number of nitrogens with zero attached hydrogens (tertiary/aromatic N) is 1. The highest BCUT2D eigenvalue weighted by Crippen LogP contribution is 2.37. The lowest BCUT2D eigenvalue weighted by Crippen LogP contribution is -2.39. The normalized spacial score (nSPS) is 23.8. The van der Waals surface area contributed by atoms with Crippen LogP contribution in [-0.4, -0.2) is 31.2 Å². The molecule has 1 aromatic rings. The molecule has 0 spiro atoms. The van der Waals surface area contributed by atoms with Gasteiger partial charge >= 0.3 is 0 Å². The number of benzene rings is 1. The van der Waals surface area contributed by atoms with E-state index in [1.807, 2.05) is 25.1 Å². The number of halogens is 1. The van der Waals surface area contributed by atoms with E-state index in [-0.39, 0.29) is 11.3 Å². The van der Waals surface area contributed by atoms with Crippen molar-refractivity contribution in [3.8, 4) is 0 Å². The fourth-order valence-electron chi connectivity index (χ4n) is 2.80. The van der Waals surface area contributed by atoms with Crippen molar-refractivity contribution in [2.75, 3.05) is 25.0 Å². The van der Waals surface area contributed by atoms with Crippen molar-refractivity contribution in [3.05, 3.63) is 28.2 Å². The number of carbonyl (C=O) groups is 1. The third-order valence-electron chi connectivity index (χ3n) is 4.03. The highest BCUT2D eigenvalue weighted by molar-refractivity contribution is 9.10. The molecule has 0 saturated carbocycles. The van der Waals surface area contributed by atoms with Gasteiger partial charge in [0.15, 0.2) is 0 Å². The first kappa shape index (κ1) is 15.3. The summed E-state index contributed by atoms with van der Waals surface area (Å²) in [5.74, 6) is 0.0774. The van der Waals surface area contributed by atoms with E-state index < -0.39 is 6.10 Å². The van der Waals surface area contributed by atoms with Crippen molar-refractivity contribution in [2.45, 2.75) is 26.4 Å². The Labute approximate surface area is 128 Å². The summed E-state index contributed by atoms with van der Waals surface area (Å²) in [5, 5.41) is 12.7. The molecular weight excluding hydrogens is 320 g/mol. The van der Waals surface area contributed by atoms with Gasteiger partial charge in [0.2, 0.25) is 5.91 Å². The molecule has 2 rings (SSSR count). The Kier molecular flexibility index (Phi) is 4.39. The van der Waals surface area contributed by atoms with Gasteiger partial charge in [-0.25, -0.2) is 0 Å². The van der Waals surface area contributed by atoms with Crippen molar-refractivity contribution in [2.24, 2.45) is 5.41 Å². The average molecular weight is 341 g/mol. The van der Waals surface area contributed by atoms with Crippen LogP contribution in [-0.2, 0) is 4.79 Å². The molecule has 1 aliphatic rings. The summed E-state index contributed by atoms with van der Waals surface area (Å²) in [6.07, 6.45) is 0.295. The molecule has 4 nitrogen and oxygen atoms in total. The molecule has 1 heterocycles. The molecule has 1 saturated heterocycles. The second kappa shape index (κ2) is 5.74. The number of aliphatic hydroxyl groups excluding tert-OH is 1. The van der Waals surface area contributed by atoms with Gasteiger partial charge in [0.25, 0.3) is 0 Å². The summed E-state index contributed by atoms with van der Waals surface area (Å²) < 4.78 is 0.977. The maximum atomic E-state index is 12.0. The monoisotopic (exact) mass is 340 g/mol. The van der Waals surface area contributed by atoms with Crippen LogP contribution in [0.15, 0.2) is 22.7 Å². The molecule has 1 aliphatic heterocycles. The lowest BCUT2D eigenvalue weighted by atomic mass is 9.89. The van der Waals surface area contributed by atoms with E-state index in [4.69, 9.17) is 0 Å². The molecule has 0 aliphatic carbocycles. The minimum atomic E-state index is -0.523. The molecule has 110 valence electrons. The molecule has 1 amide bonds. The van der Waals surface area contributed by atoms with Crippen molar-refractivity contribution >= 4 is 27.5 Å². The van der Waals surface area contributed by atoms with E-state index in [1.165, 1.54) is 0 Å². The van der Waals surface area contributed by atoms with Crippen LogP contribution in [0.4, 0.5) is 5.69 Å². The average Bonchev–Trinajstić information content (AvgIpc) is 2.81. The van der Waals surface area contributed by atoms with Crippen LogP contribution in [0.3, 0.4) is 0 Å². The molecule has 0 aromatic heterocycles. The summed E-state index contributed by atoms with van der Waals surface area (Å²) >= 11 is 3.48. The van der Waals surface area contributed by atoms with E-state index in [0.717, 1.165) is 28.7 Å². The highest BCUT2D eigenvalue weighted by atomic mass is 79.9. The molecule has 0 bridgehead atoms. The summed E-state index contributed by atoms with van der Waals surface area (Å²) in [5.41, 5.74) is 1.53. The quantitative estimate of drug-likeness (QED) is 0.888. The third kappa shape index (κ3) is 2.83. The van der Waals surface area contributed by atoms with Gasteiger partial charge in [-0.05, 0) is 32.4 Å². The van der Waals surface area contributed by atoms with Crippen LogP contribution in [0.5, 0.6) is 0 Å². The van der Waals surface area contributed by atoms with Gasteiger partial charge in [-0.3, -0.25) is 4.79 Å². The number of carbonyl (C=O) groups excluding carboxylic acids is 1. The minimum absolute atomic E-state index is 0.0774. The molecule has 2 atom stereocenters. The number of hydrogen-bond donors (Lipinski definition) is 2. The number of aliphatic hydroxyl groups is 1. The lowest BCUT2D eigenvalue weighted by molar-refractivity contribution is -0.128. The summed E-state index contributed by atoms with van der Waals surface area (Å²) in [7, 11) is 1.68. The zero-order valence-corrected chi connectivity index (χ0v) is 13.7. The predicted octanol–water partition coefficient (Wildman–Crippen LogP) is 2.46. The lowest BCUT2D eigenvalue weighted by Gasteiger charge is -2.26. The van der Waals surface area contributed by atoms with Crippen LogP contribution in [0.1, 0.15) is 31.9 Å². The Hall–Kier alpha value is -1.07. The van der Waals surface area contributed by atoms with E-state index in [2.05, 4.69) is 26.1 Å². The van der Waals surface area contributed by atoms with Crippen molar-refractivity contribution in [3.63, 3.8) is 0 Å². The molecule has 0 radical (unpaired) electrons. The number of rotatable bonds is 3. The summed E-state index contributed by atoms with van der Waals surface area (Å²) in [6.45, 7) is 5.25. The van der Waals surface area contributed by atoms with Gasteiger partial charge in [0.1, 0.15) is 0 Å². The smallest absolute Gasteiger partial charge is 0.227 e. The van der Waals surface area contributed by atoms with Crippen LogP contribution in [0.25, 0.3) is 0 Å². The van der Waals surface area contributed by atoms with E-state index in [0.29, 0.717) is 6.54 Å². The van der Waals surface area contributed by atoms with Crippen molar-refractivity contribution < 1.29 is 9.90 Å². The van der Waals surface area contributed by atoms with Crippen molar-refractivity contribution in [1.82, 2.24) is 5.32 Å². The zero-order chi connectivity index (χ0) is 14.9. The Bertz CT molecular complexity index is 519. The Morgan fingerprint density at radius 2 is 2.25 bits per heavy atom. The molecule has 2 unspecified atom stereocenters. The summed E-state index contributed by atoms with van der Waals surface area (Å²) in [6, 6.07) is 5.87. The van der Waals surface area contributed by atoms with E-state index >= 15 is 0 Å². The van der Waals surface area contributed by atoms with Gasteiger partial charge in [-0.15, -0.1) is 0 Å². The second-order valence-electron chi connectivity index (χ2n) is 5.69. The van der Waals surface area contributed by atoms with Gasteiger partial charge in [0, 0.05) is 35.9 Å². The van der Waals surface area contributed by atoms with Crippen LogP contribution in [0, 0.1) is 5.41 Å². The van der Waals surface area contributed by atoms with E-state index in [9.17, 15) is 9.90 Å². The minimum Gasteiger partial charge on any atom is -0.389 e. The van der Waals surface area contributed by atoms with Gasteiger partial charge in [0.05, 0.1) is 11.5 Å². The maximum Gasteiger partial charge on any atom is 0.227 e. The molecule has 1 aromatic carbocycles. The van der Waals surface area contributed by atoms with E-state index in [1.54, 1.807) is 14.0 Å². The van der Waals surface area contributed by atoms with Gasteiger partial charge < -0.3 is 15.3 Å². The first-order chi connectivity index (χ1) is 9.37. The first-order valence-corrected chi connectivity index (χ1v) is 7.61. The Morgan fingerprint density at radius 3 is 2.85 bits per heavy atom. The molecule has 1 fully saturated rings. The highest BCUT2D eigenvalue weighted by Gasteiger charge is 2.40. The Balaban J connectivity index is 2.30. The SMILES string of the molecule is CNC(=O)C1(C)CCN(c2cc(Br)ccc2C(C)O)C1. The Morgan fingerprint density at radius 1 is 1.55 bits per heavy atom. The largest absolute Gasteiger partial charge is 0.389 e. The topological polar surface area (TPSA) is 52.6 Å². The molecular formula is C15H21BrN2O2. The van der Waals surface area contributed by atoms with Gasteiger partial charge in [-0.1, -0.05) is 22.0 Å². The van der Waals surface area contributed by atoms with Crippen molar-refractivity contribution in [1.29, 1.82) is 0 Å². The molecule has 2 N–H and O–H groups in total. The number of hydrogen-bond acceptors (Lipinski definition) is 3. The van der Waals surface area contributed by atoms with Gasteiger partial charge in [-0.2, -0.15) is 0 Å². The standard InChI is InChI=1S/C15H21BrN2O2/c1-10(19)12-5-4-11(16)8-13(12)18-7-6-15(2,9-18)14(20)17-3/h4-5,8,10,19H,6-7,9H2,1-3H3,(H,17,20). The van der Waals surface area contributed by atoms with Crippen LogP contribution in [0.2, 0.25) is 0 Å². The maximum absolute atomic E-state index is 12.0. The number of anilines is 1. The fourth-order valence-corrected chi connectivity index (χ4v) is 3.15. The fraction of sp³-hybridized carbons (Fsp3) is 0.533. The third-order valence-corrected chi connectivity index (χ3v) is 4.53. The predicted molar refractivity (Wildman–Crippen MR) is 83.8 cm³/mol. The molecule has 5 heteroatoms. The second-order valence-corrected chi connectivity index (χ2v) is 6.61. The molecule has 20 heavy (non-hydrogen) atoms. The summed E-state index contributed by atoms with van der Waals surface area (Å²) in [4.78, 5) is 14.2. The first-order valence-electron chi connectivity index (χ1n) is 6.82. The van der Waals surface area contributed by atoms with Crippen LogP contribution >= 0.6 is 15.9 Å². The zero-order valence-electron chi connectivity index (χ0n) is 12.1.